The van der Waals surface area contributed by atoms with Gasteiger partial charge in [0.15, 0.2) is 0 Å². The number of hydrogen-bond acceptors (Lipinski definition) is 3. The highest BCUT2D eigenvalue weighted by Crippen LogP contribution is 2.23. The number of aliphatic carboxylic acids is 1. The summed E-state index contributed by atoms with van der Waals surface area (Å²) in [6.07, 6.45) is 0. The highest BCUT2D eigenvalue weighted by atomic mass is 16.4. The van der Waals surface area contributed by atoms with Crippen LogP contribution in [0.2, 0.25) is 0 Å². The molecular weight excluding hydrogens is 270 g/mol. The van der Waals surface area contributed by atoms with Crippen molar-refractivity contribution < 1.29 is 19.8 Å². The molecule has 1 atom stereocenters. The zero-order valence-corrected chi connectivity index (χ0v) is 11.4. The van der Waals surface area contributed by atoms with Crippen molar-refractivity contribution in [3.63, 3.8) is 0 Å². The lowest BCUT2D eigenvalue weighted by Gasteiger charge is -2.11. The van der Waals surface area contributed by atoms with Crippen LogP contribution in [-0.4, -0.2) is 22.2 Å². The van der Waals surface area contributed by atoms with E-state index in [4.69, 9.17) is 10.2 Å². The van der Waals surface area contributed by atoms with Crippen LogP contribution in [0.3, 0.4) is 0 Å². The molecular formula is C16H15NO4. The van der Waals surface area contributed by atoms with Gasteiger partial charge in [-0.3, -0.25) is 4.79 Å². The van der Waals surface area contributed by atoms with E-state index < -0.39 is 17.9 Å². The molecule has 0 fully saturated rings. The van der Waals surface area contributed by atoms with Crippen LogP contribution < -0.4 is 5.32 Å². The van der Waals surface area contributed by atoms with Gasteiger partial charge in [0.25, 0.3) is 0 Å². The molecule has 0 heterocycles. The number of benzene rings is 2. The number of para-hydroxylation sites is 1. The Labute approximate surface area is 121 Å². The van der Waals surface area contributed by atoms with Crippen LogP contribution in [0.15, 0.2) is 48.5 Å². The fourth-order valence-electron chi connectivity index (χ4n) is 1.93. The highest BCUT2D eigenvalue weighted by molar-refractivity contribution is 5.95. The first-order valence-electron chi connectivity index (χ1n) is 6.41. The van der Waals surface area contributed by atoms with Gasteiger partial charge in [-0.1, -0.05) is 24.3 Å². The predicted octanol–water partition coefficient (Wildman–Crippen LogP) is 3.32. The second-order valence-electron chi connectivity index (χ2n) is 4.66. The van der Waals surface area contributed by atoms with Gasteiger partial charge in [-0.15, -0.1) is 0 Å². The molecule has 0 bridgehead atoms. The zero-order chi connectivity index (χ0) is 15.4. The minimum Gasteiger partial charge on any atom is -0.481 e. The molecule has 2 aromatic carbocycles. The quantitative estimate of drug-likeness (QED) is 0.784. The minimum atomic E-state index is -1.01. The number of aromatic carboxylic acids is 1. The third-order valence-corrected chi connectivity index (χ3v) is 3.22. The lowest BCUT2D eigenvalue weighted by molar-refractivity contribution is -0.138. The van der Waals surface area contributed by atoms with Crippen LogP contribution >= 0.6 is 0 Å². The van der Waals surface area contributed by atoms with Crippen LogP contribution in [0.4, 0.5) is 11.4 Å². The van der Waals surface area contributed by atoms with Gasteiger partial charge in [0.2, 0.25) is 0 Å². The van der Waals surface area contributed by atoms with Crippen molar-refractivity contribution >= 4 is 23.3 Å². The molecule has 0 aromatic heterocycles. The summed E-state index contributed by atoms with van der Waals surface area (Å²) >= 11 is 0. The molecule has 0 saturated carbocycles. The van der Waals surface area contributed by atoms with E-state index in [1.54, 1.807) is 49.4 Å². The van der Waals surface area contributed by atoms with Gasteiger partial charge in [0.1, 0.15) is 0 Å². The molecule has 5 heteroatoms. The van der Waals surface area contributed by atoms with E-state index >= 15 is 0 Å². The fourth-order valence-corrected chi connectivity index (χ4v) is 1.93. The van der Waals surface area contributed by atoms with Crippen molar-refractivity contribution in [2.45, 2.75) is 12.8 Å². The molecule has 21 heavy (non-hydrogen) atoms. The first-order valence-corrected chi connectivity index (χ1v) is 6.41. The third-order valence-electron chi connectivity index (χ3n) is 3.22. The second kappa shape index (κ2) is 6.09. The Hall–Kier alpha value is -2.82. The SMILES string of the molecule is C[C@H](C(=O)O)c1ccc(Nc2ccccc2C(=O)O)cc1. The largest absolute Gasteiger partial charge is 0.481 e. The lowest BCUT2D eigenvalue weighted by Crippen LogP contribution is -2.07. The van der Waals surface area contributed by atoms with Gasteiger partial charge in [-0.2, -0.15) is 0 Å². The van der Waals surface area contributed by atoms with Gasteiger partial charge in [0.05, 0.1) is 17.2 Å². The molecule has 0 aliphatic carbocycles. The summed E-state index contributed by atoms with van der Waals surface area (Å²) in [5.74, 6) is -2.47. The molecule has 0 radical (unpaired) electrons. The van der Waals surface area contributed by atoms with Gasteiger partial charge in [-0.25, -0.2) is 4.79 Å². The maximum atomic E-state index is 11.1. The number of carbonyl (C=O) groups is 2. The Morgan fingerprint density at radius 1 is 1.00 bits per heavy atom. The topological polar surface area (TPSA) is 86.6 Å². The molecule has 5 nitrogen and oxygen atoms in total. The van der Waals surface area contributed by atoms with Gasteiger partial charge in [-0.05, 0) is 36.8 Å². The summed E-state index contributed by atoms with van der Waals surface area (Å²) in [6.45, 7) is 1.62. The summed E-state index contributed by atoms with van der Waals surface area (Å²) in [5.41, 5.74) is 2.06. The van der Waals surface area contributed by atoms with Crippen molar-refractivity contribution in [1.82, 2.24) is 0 Å². The lowest BCUT2D eigenvalue weighted by atomic mass is 10.0. The van der Waals surface area contributed by atoms with Crippen LogP contribution in [0.1, 0.15) is 28.8 Å². The molecule has 0 saturated heterocycles. The number of rotatable bonds is 5. The number of carboxylic acid groups (broad SMARTS) is 2. The van der Waals surface area contributed by atoms with Crippen molar-refractivity contribution in [1.29, 1.82) is 0 Å². The van der Waals surface area contributed by atoms with Crippen LogP contribution in [0, 0.1) is 0 Å². The molecule has 3 N–H and O–H groups in total. The molecule has 0 aliphatic rings. The van der Waals surface area contributed by atoms with E-state index in [1.807, 2.05) is 0 Å². The Morgan fingerprint density at radius 3 is 2.19 bits per heavy atom. The fraction of sp³-hybridized carbons (Fsp3) is 0.125. The average molecular weight is 285 g/mol. The van der Waals surface area contributed by atoms with Gasteiger partial charge >= 0.3 is 11.9 Å². The van der Waals surface area contributed by atoms with Gasteiger partial charge < -0.3 is 15.5 Å². The van der Waals surface area contributed by atoms with Crippen molar-refractivity contribution in [3.05, 3.63) is 59.7 Å². The van der Waals surface area contributed by atoms with E-state index in [2.05, 4.69) is 5.32 Å². The smallest absolute Gasteiger partial charge is 0.337 e. The Kier molecular flexibility index (Phi) is 4.23. The van der Waals surface area contributed by atoms with Crippen molar-refractivity contribution in [2.75, 3.05) is 5.32 Å². The van der Waals surface area contributed by atoms with E-state index in [-0.39, 0.29) is 5.56 Å². The molecule has 0 spiro atoms. The second-order valence-corrected chi connectivity index (χ2v) is 4.66. The number of carboxylic acids is 2. The van der Waals surface area contributed by atoms with E-state index in [0.29, 0.717) is 16.9 Å². The molecule has 0 amide bonds. The summed E-state index contributed by atoms with van der Waals surface area (Å²) in [6, 6.07) is 13.5. The Bertz CT molecular complexity index is 664. The summed E-state index contributed by atoms with van der Waals surface area (Å²) in [4.78, 5) is 22.0. The summed E-state index contributed by atoms with van der Waals surface area (Å²) in [5, 5.41) is 21.1. The van der Waals surface area contributed by atoms with E-state index in [9.17, 15) is 9.59 Å². The number of nitrogens with one attached hydrogen (secondary N) is 1. The minimum absolute atomic E-state index is 0.181. The van der Waals surface area contributed by atoms with Crippen molar-refractivity contribution in [3.8, 4) is 0 Å². The zero-order valence-electron chi connectivity index (χ0n) is 11.4. The predicted molar refractivity (Wildman–Crippen MR) is 79.2 cm³/mol. The number of hydrogen-bond donors (Lipinski definition) is 3. The maximum absolute atomic E-state index is 11.1. The third kappa shape index (κ3) is 3.39. The standard InChI is InChI=1S/C16H15NO4/c1-10(15(18)19)11-6-8-12(9-7-11)17-14-5-3-2-4-13(14)16(20)21/h2-10,17H,1H3,(H,18,19)(H,20,21)/t10-/m0/s1. The van der Waals surface area contributed by atoms with Crippen LogP contribution in [0.5, 0.6) is 0 Å². The molecule has 0 unspecified atom stereocenters. The number of anilines is 2. The first-order chi connectivity index (χ1) is 9.99. The summed E-state index contributed by atoms with van der Waals surface area (Å²) < 4.78 is 0. The normalized spacial score (nSPS) is 11.7. The Morgan fingerprint density at radius 2 is 1.62 bits per heavy atom. The van der Waals surface area contributed by atoms with Crippen molar-refractivity contribution in [2.24, 2.45) is 0 Å². The van der Waals surface area contributed by atoms with Crippen LogP contribution in [-0.2, 0) is 4.79 Å². The van der Waals surface area contributed by atoms with E-state index in [1.165, 1.54) is 6.07 Å². The van der Waals surface area contributed by atoms with Crippen LogP contribution in [0.25, 0.3) is 0 Å². The molecule has 108 valence electrons. The summed E-state index contributed by atoms with van der Waals surface area (Å²) in [7, 11) is 0. The maximum Gasteiger partial charge on any atom is 0.337 e. The first kappa shape index (κ1) is 14.6. The molecule has 2 aromatic rings. The monoisotopic (exact) mass is 285 g/mol. The van der Waals surface area contributed by atoms with Gasteiger partial charge in [0, 0.05) is 5.69 Å². The Balaban J connectivity index is 2.22. The average Bonchev–Trinajstić information content (AvgIpc) is 2.47. The highest BCUT2D eigenvalue weighted by Gasteiger charge is 2.13. The molecule has 0 aliphatic heterocycles. The molecule has 2 rings (SSSR count). The van der Waals surface area contributed by atoms with E-state index in [0.717, 1.165) is 0 Å².